The lowest BCUT2D eigenvalue weighted by Crippen LogP contribution is -1.82. The number of allylic oxidation sites excluding steroid dienone is 2. The maximum Gasteiger partial charge on any atom is -0.0351 e. The summed E-state index contributed by atoms with van der Waals surface area (Å²) in [4.78, 5) is 0. The molecule has 179 valence electrons. The molecule has 0 aliphatic carbocycles. The number of hydrogen-bond acceptors (Lipinski definition) is 0. The van der Waals surface area contributed by atoms with Gasteiger partial charge < -0.3 is 0 Å². The van der Waals surface area contributed by atoms with Gasteiger partial charge in [-0.2, -0.15) is 0 Å². The third-order valence-electron chi connectivity index (χ3n) is 6.51. The van der Waals surface area contributed by atoms with E-state index >= 15 is 0 Å². The van der Waals surface area contributed by atoms with Gasteiger partial charge in [-0.25, -0.2) is 0 Å². The molecule has 1 radical (unpaired) electrons. The molecule has 0 heterocycles. The van der Waals surface area contributed by atoms with Crippen molar-refractivity contribution < 1.29 is 0 Å². The van der Waals surface area contributed by atoms with E-state index in [-0.39, 0.29) is 0 Å². The first-order valence-corrected chi connectivity index (χ1v) is 14.4. The van der Waals surface area contributed by atoms with Crippen molar-refractivity contribution in [2.24, 2.45) is 0 Å². The molecule has 0 fully saturated rings. The lowest BCUT2D eigenvalue weighted by atomic mass is 10.0. The van der Waals surface area contributed by atoms with Gasteiger partial charge in [0.25, 0.3) is 0 Å². The summed E-state index contributed by atoms with van der Waals surface area (Å²) in [6, 6.07) is 0. The van der Waals surface area contributed by atoms with Crippen LogP contribution >= 0.6 is 0 Å². The molecule has 0 aromatic carbocycles. The van der Waals surface area contributed by atoms with Gasteiger partial charge >= 0.3 is 0 Å². The molecule has 0 spiro atoms. The van der Waals surface area contributed by atoms with Gasteiger partial charge in [0.2, 0.25) is 0 Å². The van der Waals surface area contributed by atoms with Crippen LogP contribution in [-0.4, -0.2) is 0 Å². The highest BCUT2D eigenvalue weighted by molar-refractivity contribution is 4.81. The second-order valence-corrected chi connectivity index (χ2v) is 9.68. The number of rotatable bonds is 26. The monoisotopic (exact) mass is 419 g/mol. The second-order valence-electron chi connectivity index (χ2n) is 9.68. The van der Waals surface area contributed by atoms with Gasteiger partial charge in [0.1, 0.15) is 0 Å². The van der Waals surface area contributed by atoms with E-state index < -0.39 is 0 Å². The standard InChI is InChI=1S/C30H59/c1-3-5-7-9-11-13-15-17-19-21-23-25-27-29-30-28-26-24-22-20-18-16-14-12-10-8-6-4-2/h29-30H,1,3-28H2,2H3. The molecule has 0 atom stereocenters. The van der Waals surface area contributed by atoms with Crippen LogP contribution in [0.15, 0.2) is 12.2 Å². The van der Waals surface area contributed by atoms with Crippen molar-refractivity contribution in [1.82, 2.24) is 0 Å². The van der Waals surface area contributed by atoms with Crippen LogP contribution in [0.3, 0.4) is 0 Å². The number of unbranched alkanes of at least 4 members (excludes halogenated alkanes) is 24. The van der Waals surface area contributed by atoms with E-state index in [0.29, 0.717) is 0 Å². The largest absolute Gasteiger partial charge is 0.0885 e. The van der Waals surface area contributed by atoms with Gasteiger partial charge in [0.15, 0.2) is 0 Å². The molecule has 0 aliphatic heterocycles. The van der Waals surface area contributed by atoms with Crippen LogP contribution in [0, 0.1) is 6.92 Å². The van der Waals surface area contributed by atoms with E-state index in [0.717, 1.165) is 6.42 Å². The van der Waals surface area contributed by atoms with Crippen molar-refractivity contribution in [3.8, 4) is 0 Å². The van der Waals surface area contributed by atoms with E-state index in [1.807, 2.05) is 0 Å². The average Bonchev–Trinajstić information content (AvgIpc) is 2.76. The number of hydrogen-bond donors (Lipinski definition) is 0. The van der Waals surface area contributed by atoms with Crippen molar-refractivity contribution in [3.63, 3.8) is 0 Å². The van der Waals surface area contributed by atoms with Crippen LogP contribution in [-0.2, 0) is 0 Å². The van der Waals surface area contributed by atoms with E-state index in [2.05, 4.69) is 26.0 Å². The molecule has 0 heteroatoms. The Hall–Kier alpha value is -0.260. The molecule has 0 saturated heterocycles. The second kappa shape index (κ2) is 28.7. The summed E-state index contributed by atoms with van der Waals surface area (Å²) < 4.78 is 0. The Balaban J connectivity index is 3.06. The van der Waals surface area contributed by atoms with Gasteiger partial charge in [-0.1, -0.05) is 167 Å². The lowest BCUT2D eigenvalue weighted by molar-refractivity contribution is 0.544. The van der Waals surface area contributed by atoms with Gasteiger partial charge in [-0.05, 0) is 25.7 Å². The summed E-state index contributed by atoms with van der Waals surface area (Å²) in [6.07, 6.45) is 41.8. The zero-order valence-corrected chi connectivity index (χ0v) is 21.2. The summed E-state index contributed by atoms with van der Waals surface area (Å²) in [5.74, 6) is 0. The van der Waals surface area contributed by atoms with E-state index in [1.54, 1.807) is 0 Å². The van der Waals surface area contributed by atoms with Crippen LogP contribution in [0.2, 0.25) is 0 Å². The first-order chi connectivity index (χ1) is 14.9. The summed E-state index contributed by atoms with van der Waals surface area (Å²) in [6.45, 7) is 6.21. The smallest absolute Gasteiger partial charge is 0.0351 e. The Morgan fingerprint density at radius 3 is 0.933 bits per heavy atom. The van der Waals surface area contributed by atoms with Gasteiger partial charge in [0, 0.05) is 0 Å². The molecule has 30 heavy (non-hydrogen) atoms. The van der Waals surface area contributed by atoms with Gasteiger partial charge in [-0.15, -0.1) is 0 Å². The van der Waals surface area contributed by atoms with Crippen LogP contribution in [0.25, 0.3) is 0 Å². The third kappa shape index (κ3) is 27.7. The van der Waals surface area contributed by atoms with Crippen LogP contribution < -0.4 is 0 Å². The molecular formula is C30H59. The Morgan fingerprint density at radius 1 is 0.367 bits per heavy atom. The molecule has 0 amide bonds. The normalized spacial score (nSPS) is 11.7. The van der Waals surface area contributed by atoms with Crippen LogP contribution in [0.1, 0.15) is 174 Å². The van der Waals surface area contributed by atoms with Crippen molar-refractivity contribution in [1.29, 1.82) is 0 Å². The highest BCUT2D eigenvalue weighted by atomic mass is 14.0. The van der Waals surface area contributed by atoms with Crippen molar-refractivity contribution >= 4 is 0 Å². The highest BCUT2D eigenvalue weighted by Gasteiger charge is 1.94. The Labute approximate surface area is 193 Å². The molecule has 0 bridgehead atoms. The van der Waals surface area contributed by atoms with Crippen LogP contribution in [0.4, 0.5) is 0 Å². The maximum absolute atomic E-state index is 3.91. The first kappa shape index (κ1) is 29.7. The maximum atomic E-state index is 3.91. The fourth-order valence-electron chi connectivity index (χ4n) is 4.37. The Bertz CT molecular complexity index is 273. The minimum atomic E-state index is 1.12. The minimum Gasteiger partial charge on any atom is -0.0885 e. The van der Waals surface area contributed by atoms with Crippen molar-refractivity contribution in [3.05, 3.63) is 19.1 Å². The van der Waals surface area contributed by atoms with E-state index in [9.17, 15) is 0 Å². The summed E-state index contributed by atoms with van der Waals surface area (Å²) in [5, 5.41) is 0. The Kier molecular flexibility index (Phi) is 28.5. The van der Waals surface area contributed by atoms with Crippen LogP contribution in [0.5, 0.6) is 0 Å². The summed E-state index contributed by atoms with van der Waals surface area (Å²) >= 11 is 0. The van der Waals surface area contributed by atoms with Gasteiger partial charge in [-0.3, -0.25) is 0 Å². The predicted molar refractivity (Wildman–Crippen MR) is 140 cm³/mol. The zero-order valence-electron chi connectivity index (χ0n) is 21.2. The molecule has 0 unspecified atom stereocenters. The highest BCUT2D eigenvalue weighted by Crippen LogP contribution is 2.14. The molecule has 0 saturated carbocycles. The zero-order chi connectivity index (χ0) is 21.8. The van der Waals surface area contributed by atoms with E-state index in [1.165, 1.54) is 161 Å². The van der Waals surface area contributed by atoms with E-state index in [4.69, 9.17) is 0 Å². The van der Waals surface area contributed by atoms with Crippen molar-refractivity contribution in [2.45, 2.75) is 174 Å². The average molecular weight is 420 g/mol. The molecule has 0 aromatic rings. The topological polar surface area (TPSA) is 0 Å². The fraction of sp³-hybridized carbons (Fsp3) is 0.900. The first-order valence-electron chi connectivity index (χ1n) is 14.4. The molecule has 0 N–H and O–H groups in total. The SMILES string of the molecule is [CH2]CCCCCCCCCCCCCC=CCCCCCCCCCCCCCC. The molecule has 0 aliphatic rings. The quantitative estimate of drug-likeness (QED) is 0.0965. The molecular weight excluding hydrogens is 360 g/mol. The summed E-state index contributed by atoms with van der Waals surface area (Å²) in [5.41, 5.74) is 0. The minimum absolute atomic E-state index is 1.12. The third-order valence-corrected chi connectivity index (χ3v) is 6.51. The lowest BCUT2D eigenvalue weighted by Gasteiger charge is -2.02. The molecule has 0 aromatic heterocycles. The Morgan fingerprint density at radius 2 is 0.633 bits per heavy atom. The summed E-state index contributed by atoms with van der Waals surface area (Å²) in [7, 11) is 0. The fourth-order valence-corrected chi connectivity index (χ4v) is 4.37. The molecule has 0 rings (SSSR count). The molecule has 0 nitrogen and oxygen atoms in total. The van der Waals surface area contributed by atoms with Crippen molar-refractivity contribution in [2.75, 3.05) is 0 Å². The van der Waals surface area contributed by atoms with Gasteiger partial charge in [0.05, 0.1) is 0 Å². The predicted octanol–water partition coefficient (Wildman–Crippen LogP) is 11.5.